The lowest BCUT2D eigenvalue weighted by molar-refractivity contribution is -0.121. The first-order valence-electron chi connectivity index (χ1n) is 11.6. The zero-order valence-corrected chi connectivity index (χ0v) is 19.7. The van der Waals surface area contributed by atoms with Gasteiger partial charge in [0.25, 0.3) is 5.91 Å². The van der Waals surface area contributed by atoms with Crippen molar-refractivity contribution in [1.29, 1.82) is 0 Å². The Bertz CT molecular complexity index is 1220. The van der Waals surface area contributed by atoms with Gasteiger partial charge in [-0.3, -0.25) is 14.5 Å². The second-order valence-electron chi connectivity index (χ2n) is 8.75. The maximum atomic E-state index is 13.9. The van der Waals surface area contributed by atoms with Gasteiger partial charge in [0, 0.05) is 31.2 Å². The third kappa shape index (κ3) is 5.29. The molecular formula is C24H25ClFN5O4. The van der Waals surface area contributed by atoms with Crippen LogP contribution in [0.4, 0.5) is 15.9 Å². The molecule has 3 aromatic heterocycles. The van der Waals surface area contributed by atoms with Crippen LogP contribution >= 0.6 is 11.6 Å². The highest BCUT2D eigenvalue weighted by atomic mass is 35.5. The number of aromatic nitrogens is 2. The number of carbonyl (C=O) groups is 2. The van der Waals surface area contributed by atoms with E-state index in [0.29, 0.717) is 11.1 Å². The van der Waals surface area contributed by atoms with E-state index in [9.17, 15) is 14.0 Å². The molecule has 5 rings (SSSR count). The number of hydrogen-bond acceptors (Lipinski definition) is 7. The van der Waals surface area contributed by atoms with E-state index in [1.807, 2.05) is 0 Å². The average Bonchev–Trinajstić information content (AvgIpc) is 3.23. The quantitative estimate of drug-likeness (QED) is 0.506. The van der Waals surface area contributed by atoms with Gasteiger partial charge < -0.3 is 19.8 Å². The molecule has 0 bridgehead atoms. The third-order valence-electron chi connectivity index (χ3n) is 6.55. The Kier molecular flexibility index (Phi) is 6.94. The maximum absolute atomic E-state index is 13.9. The smallest absolute Gasteiger partial charge is 0.294 e. The van der Waals surface area contributed by atoms with Crippen molar-refractivity contribution in [1.82, 2.24) is 14.9 Å². The molecule has 0 atom stereocenters. The highest BCUT2D eigenvalue weighted by molar-refractivity contribution is 6.30. The number of furan rings is 1. The molecular weight excluding hydrogens is 477 g/mol. The fourth-order valence-electron chi connectivity index (χ4n) is 4.72. The van der Waals surface area contributed by atoms with Crippen LogP contribution in [0.3, 0.4) is 0 Å². The van der Waals surface area contributed by atoms with Crippen LogP contribution in [0.15, 0.2) is 34.9 Å². The van der Waals surface area contributed by atoms with E-state index < -0.39 is 11.9 Å². The Morgan fingerprint density at radius 2 is 1.83 bits per heavy atom. The molecule has 0 radical (unpaired) electrons. The van der Waals surface area contributed by atoms with E-state index >= 15 is 0 Å². The minimum Gasteiger partial charge on any atom is -0.447 e. The number of anilines is 2. The molecule has 0 aromatic carbocycles. The van der Waals surface area contributed by atoms with Gasteiger partial charge in [-0.15, -0.1) is 0 Å². The molecule has 1 saturated heterocycles. The van der Waals surface area contributed by atoms with Gasteiger partial charge in [0.2, 0.25) is 17.6 Å². The molecule has 184 valence electrons. The SMILES string of the molecule is O=C(Nc1ccc(Cl)cn1)c1oc2ccc(F)nc2c1NC(=O)[C@H]1CC[C@H](N2CCOCC2)CC1. The lowest BCUT2D eigenvalue weighted by atomic mass is 9.84. The van der Waals surface area contributed by atoms with Crippen molar-refractivity contribution in [2.75, 3.05) is 36.9 Å². The molecule has 2 amide bonds. The van der Waals surface area contributed by atoms with Crippen molar-refractivity contribution < 1.29 is 23.1 Å². The largest absolute Gasteiger partial charge is 0.447 e. The van der Waals surface area contributed by atoms with E-state index in [4.69, 9.17) is 20.8 Å². The van der Waals surface area contributed by atoms with Gasteiger partial charge in [-0.05, 0) is 49.9 Å². The summed E-state index contributed by atoms with van der Waals surface area (Å²) < 4.78 is 25.0. The van der Waals surface area contributed by atoms with Crippen LogP contribution in [0, 0.1) is 11.9 Å². The van der Waals surface area contributed by atoms with Gasteiger partial charge in [-0.2, -0.15) is 4.39 Å². The second-order valence-corrected chi connectivity index (χ2v) is 9.18. The van der Waals surface area contributed by atoms with E-state index in [2.05, 4.69) is 25.5 Å². The Morgan fingerprint density at radius 1 is 1.06 bits per heavy atom. The van der Waals surface area contributed by atoms with Crippen LogP contribution in [-0.4, -0.2) is 59.0 Å². The van der Waals surface area contributed by atoms with Gasteiger partial charge in [0.1, 0.15) is 17.0 Å². The van der Waals surface area contributed by atoms with Gasteiger partial charge in [0.15, 0.2) is 5.58 Å². The summed E-state index contributed by atoms with van der Waals surface area (Å²) in [4.78, 5) is 36.5. The van der Waals surface area contributed by atoms with E-state index in [-0.39, 0.29) is 40.2 Å². The summed E-state index contributed by atoms with van der Waals surface area (Å²) in [5, 5.41) is 5.83. The lowest BCUT2D eigenvalue weighted by Crippen LogP contribution is -2.45. The standard InChI is InChI=1S/C24H25ClFN5O4/c25-15-3-8-19(27-13-15)29-24(33)22-21(20-17(35-22)6-7-18(26)28-20)30-23(32)14-1-4-16(5-2-14)31-9-11-34-12-10-31/h3,6-8,13-14,16H,1-2,4-5,9-12H2,(H,30,32)(H,27,29,33)/t14-,16-. The van der Waals surface area contributed by atoms with Crippen LogP contribution in [0.1, 0.15) is 36.2 Å². The normalized spacial score (nSPS) is 21.1. The van der Waals surface area contributed by atoms with Crippen molar-refractivity contribution in [3.05, 3.63) is 47.2 Å². The predicted octanol–water partition coefficient (Wildman–Crippen LogP) is 4.10. The fraction of sp³-hybridized carbons (Fsp3) is 0.417. The summed E-state index contributed by atoms with van der Waals surface area (Å²) in [6.07, 6.45) is 4.66. The zero-order valence-electron chi connectivity index (χ0n) is 18.9. The lowest BCUT2D eigenvalue weighted by Gasteiger charge is -2.38. The van der Waals surface area contributed by atoms with Gasteiger partial charge in [-0.25, -0.2) is 9.97 Å². The highest BCUT2D eigenvalue weighted by Gasteiger charge is 2.32. The molecule has 2 aliphatic rings. The van der Waals surface area contributed by atoms with E-state index in [1.165, 1.54) is 18.3 Å². The first-order chi connectivity index (χ1) is 17.0. The molecule has 2 fully saturated rings. The molecule has 2 N–H and O–H groups in total. The number of fused-ring (bicyclic) bond motifs is 1. The molecule has 9 nitrogen and oxygen atoms in total. The molecule has 35 heavy (non-hydrogen) atoms. The summed E-state index contributed by atoms with van der Waals surface area (Å²) >= 11 is 5.85. The maximum Gasteiger partial charge on any atom is 0.294 e. The Balaban J connectivity index is 1.33. The molecule has 0 spiro atoms. The Labute approximate surface area is 206 Å². The van der Waals surface area contributed by atoms with Crippen LogP contribution < -0.4 is 10.6 Å². The average molecular weight is 502 g/mol. The summed E-state index contributed by atoms with van der Waals surface area (Å²) in [7, 11) is 0. The molecule has 11 heteroatoms. The third-order valence-corrected chi connectivity index (χ3v) is 6.78. The van der Waals surface area contributed by atoms with Gasteiger partial charge in [0.05, 0.1) is 18.2 Å². The van der Waals surface area contributed by atoms with Crippen LogP contribution in [0.25, 0.3) is 11.1 Å². The van der Waals surface area contributed by atoms with Crippen molar-refractivity contribution in [3.8, 4) is 0 Å². The number of rotatable bonds is 5. The number of nitrogens with zero attached hydrogens (tertiary/aromatic N) is 3. The van der Waals surface area contributed by atoms with Crippen LogP contribution in [0.2, 0.25) is 5.02 Å². The first kappa shape index (κ1) is 23.7. The number of carbonyl (C=O) groups excluding carboxylic acids is 2. The molecule has 3 aromatic rings. The Morgan fingerprint density at radius 3 is 2.54 bits per heavy atom. The van der Waals surface area contributed by atoms with Crippen LogP contribution in [0.5, 0.6) is 0 Å². The summed E-state index contributed by atoms with van der Waals surface area (Å²) in [5.41, 5.74) is 0.313. The second kappa shape index (κ2) is 10.3. The summed E-state index contributed by atoms with van der Waals surface area (Å²) in [5.74, 6) is -1.78. The number of amides is 2. The van der Waals surface area contributed by atoms with Crippen LogP contribution in [-0.2, 0) is 9.53 Å². The number of pyridine rings is 2. The van der Waals surface area contributed by atoms with Crippen molar-refractivity contribution >= 4 is 46.0 Å². The molecule has 0 unspecified atom stereocenters. The van der Waals surface area contributed by atoms with E-state index in [0.717, 1.165) is 58.1 Å². The number of ether oxygens (including phenoxy) is 1. The van der Waals surface area contributed by atoms with Crippen molar-refractivity contribution in [2.45, 2.75) is 31.7 Å². The Hall–Kier alpha value is -3.08. The van der Waals surface area contributed by atoms with Crippen molar-refractivity contribution in [3.63, 3.8) is 0 Å². The first-order valence-corrected chi connectivity index (χ1v) is 12.0. The monoisotopic (exact) mass is 501 g/mol. The zero-order chi connectivity index (χ0) is 24.4. The van der Waals surface area contributed by atoms with Gasteiger partial charge >= 0.3 is 0 Å². The molecule has 1 saturated carbocycles. The molecule has 1 aliphatic heterocycles. The topological polar surface area (TPSA) is 110 Å². The predicted molar refractivity (Wildman–Crippen MR) is 128 cm³/mol. The number of morpholine rings is 1. The minimum atomic E-state index is -0.744. The highest BCUT2D eigenvalue weighted by Crippen LogP contribution is 2.33. The fourth-order valence-corrected chi connectivity index (χ4v) is 4.83. The summed E-state index contributed by atoms with van der Waals surface area (Å²) in [6.45, 7) is 3.32. The van der Waals surface area contributed by atoms with Crippen molar-refractivity contribution in [2.24, 2.45) is 5.92 Å². The minimum absolute atomic E-state index is 0.0475. The molecule has 1 aliphatic carbocycles. The summed E-state index contributed by atoms with van der Waals surface area (Å²) in [6, 6.07) is 6.06. The van der Waals surface area contributed by atoms with E-state index in [1.54, 1.807) is 6.07 Å². The molecule has 4 heterocycles. The number of halogens is 2. The number of hydrogen-bond donors (Lipinski definition) is 2. The number of nitrogens with one attached hydrogen (secondary N) is 2. The van der Waals surface area contributed by atoms with Gasteiger partial charge in [-0.1, -0.05) is 11.6 Å².